The van der Waals surface area contributed by atoms with Gasteiger partial charge < -0.3 is 15.0 Å². The topological polar surface area (TPSA) is 24.5 Å². The molecule has 0 aromatic rings. The molecule has 0 radical (unpaired) electrons. The average Bonchev–Trinajstić information content (AvgIpc) is 2.26. The third kappa shape index (κ3) is 5.68. The minimum atomic E-state index is 0.409. The van der Waals surface area contributed by atoms with Crippen LogP contribution in [0.2, 0.25) is 0 Å². The molecule has 108 valence electrons. The molecular weight excluding hydrogens is 224 g/mol. The largest absolute Gasteiger partial charge is 0.381 e. The molecule has 3 nitrogen and oxygen atoms in total. The Bertz CT molecular complexity index is 223. The molecule has 18 heavy (non-hydrogen) atoms. The Hall–Kier alpha value is -0.120. The van der Waals surface area contributed by atoms with Crippen LogP contribution >= 0.6 is 0 Å². The molecule has 1 rings (SSSR count). The van der Waals surface area contributed by atoms with Gasteiger partial charge in [0.1, 0.15) is 0 Å². The third-order valence-corrected chi connectivity index (χ3v) is 3.72. The van der Waals surface area contributed by atoms with E-state index in [1.165, 1.54) is 25.9 Å². The molecule has 1 N–H and O–H groups in total. The van der Waals surface area contributed by atoms with Crippen LogP contribution in [0, 0.1) is 11.3 Å². The van der Waals surface area contributed by atoms with Gasteiger partial charge in [0.25, 0.3) is 0 Å². The predicted molar refractivity (Wildman–Crippen MR) is 78.0 cm³/mol. The van der Waals surface area contributed by atoms with Crippen molar-refractivity contribution in [1.29, 1.82) is 0 Å². The number of rotatable bonds is 7. The van der Waals surface area contributed by atoms with Gasteiger partial charge in [-0.2, -0.15) is 0 Å². The van der Waals surface area contributed by atoms with Crippen molar-refractivity contribution < 1.29 is 4.74 Å². The lowest BCUT2D eigenvalue weighted by Gasteiger charge is -2.41. The second-order valence-electron chi connectivity index (χ2n) is 6.74. The first-order valence-corrected chi connectivity index (χ1v) is 7.43. The van der Waals surface area contributed by atoms with Gasteiger partial charge in [-0.25, -0.2) is 0 Å². The highest BCUT2D eigenvalue weighted by molar-refractivity contribution is 4.87. The van der Waals surface area contributed by atoms with Crippen LogP contribution in [0.1, 0.15) is 40.5 Å². The summed E-state index contributed by atoms with van der Waals surface area (Å²) in [6.45, 7) is 14.4. The van der Waals surface area contributed by atoms with Crippen molar-refractivity contribution in [3.63, 3.8) is 0 Å². The molecule has 1 fully saturated rings. The lowest BCUT2D eigenvalue weighted by molar-refractivity contribution is -0.00270. The summed E-state index contributed by atoms with van der Waals surface area (Å²) in [4.78, 5) is 2.50. The van der Waals surface area contributed by atoms with Crippen LogP contribution in [0.5, 0.6) is 0 Å². The highest BCUT2D eigenvalue weighted by Gasteiger charge is 2.33. The zero-order valence-electron chi connectivity index (χ0n) is 13.0. The minimum Gasteiger partial charge on any atom is -0.381 e. The quantitative estimate of drug-likeness (QED) is 0.757. The van der Waals surface area contributed by atoms with E-state index in [1.807, 2.05) is 0 Å². The highest BCUT2D eigenvalue weighted by atomic mass is 16.5. The Kier molecular flexibility index (Phi) is 6.61. The normalized spacial score (nSPS) is 20.0. The monoisotopic (exact) mass is 256 g/mol. The summed E-state index contributed by atoms with van der Waals surface area (Å²) in [7, 11) is 2.26. The Labute approximate surface area is 113 Å². The fraction of sp³-hybridized carbons (Fsp3) is 1.00. The van der Waals surface area contributed by atoms with Gasteiger partial charge >= 0.3 is 0 Å². The molecule has 0 saturated carbocycles. The van der Waals surface area contributed by atoms with Crippen LogP contribution < -0.4 is 5.32 Å². The summed E-state index contributed by atoms with van der Waals surface area (Å²) in [6.07, 6.45) is 2.38. The van der Waals surface area contributed by atoms with E-state index in [9.17, 15) is 0 Å². The molecule has 1 aliphatic rings. The Balaban J connectivity index is 2.53. The number of nitrogens with one attached hydrogen (secondary N) is 1. The molecule has 3 heteroatoms. The average molecular weight is 256 g/mol. The molecule has 0 aromatic carbocycles. The van der Waals surface area contributed by atoms with Gasteiger partial charge in [0.05, 0.1) is 0 Å². The van der Waals surface area contributed by atoms with Gasteiger partial charge in [-0.05, 0) is 31.2 Å². The molecular formula is C15H32N2O. The number of ether oxygens (including phenoxy) is 1. The molecule has 0 atom stereocenters. The van der Waals surface area contributed by atoms with Crippen molar-refractivity contribution in [2.75, 3.05) is 39.9 Å². The van der Waals surface area contributed by atoms with Crippen molar-refractivity contribution in [2.24, 2.45) is 11.3 Å². The molecule has 1 heterocycles. The van der Waals surface area contributed by atoms with Crippen molar-refractivity contribution in [3.8, 4) is 0 Å². The van der Waals surface area contributed by atoms with E-state index in [0.717, 1.165) is 25.7 Å². The maximum Gasteiger partial charge on any atom is 0.0472 e. The summed E-state index contributed by atoms with van der Waals surface area (Å²) in [6, 6.07) is 0.570. The van der Waals surface area contributed by atoms with Crippen LogP contribution in [-0.4, -0.2) is 50.8 Å². The van der Waals surface area contributed by atoms with Crippen molar-refractivity contribution in [3.05, 3.63) is 0 Å². The predicted octanol–water partition coefficient (Wildman–Crippen LogP) is 2.37. The fourth-order valence-electron chi connectivity index (χ4n) is 2.88. The molecule has 0 bridgehead atoms. The first-order chi connectivity index (χ1) is 8.43. The summed E-state index contributed by atoms with van der Waals surface area (Å²) < 4.78 is 5.55. The van der Waals surface area contributed by atoms with Crippen LogP contribution in [0.25, 0.3) is 0 Å². The SMILES string of the molecule is CC(C)CN(C)CC1(CNC(C)C)CCOCC1. The van der Waals surface area contributed by atoms with Crippen molar-refractivity contribution >= 4 is 0 Å². The Morgan fingerprint density at radius 3 is 2.28 bits per heavy atom. The molecule has 0 spiro atoms. The number of hydrogen-bond acceptors (Lipinski definition) is 3. The minimum absolute atomic E-state index is 0.409. The fourth-order valence-corrected chi connectivity index (χ4v) is 2.88. The maximum absolute atomic E-state index is 5.55. The zero-order valence-corrected chi connectivity index (χ0v) is 13.0. The second kappa shape index (κ2) is 7.46. The summed E-state index contributed by atoms with van der Waals surface area (Å²) in [5.74, 6) is 0.741. The van der Waals surface area contributed by atoms with E-state index in [1.54, 1.807) is 0 Å². The van der Waals surface area contributed by atoms with Gasteiger partial charge in [-0.1, -0.05) is 27.7 Å². The number of hydrogen-bond donors (Lipinski definition) is 1. The van der Waals surface area contributed by atoms with Gasteiger partial charge in [0, 0.05) is 38.9 Å². The van der Waals surface area contributed by atoms with Gasteiger partial charge in [0.2, 0.25) is 0 Å². The number of nitrogens with zero attached hydrogens (tertiary/aromatic N) is 1. The Morgan fingerprint density at radius 2 is 1.78 bits per heavy atom. The van der Waals surface area contributed by atoms with Gasteiger partial charge in [-0.15, -0.1) is 0 Å². The summed E-state index contributed by atoms with van der Waals surface area (Å²) >= 11 is 0. The summed E-state index contributed by atoms with van der Waals surface area (Å²) in [5, 5.41) is 3.63. The third-order valence-electron chi connectivity index (χ3n) is 3.72. The van der Waals surface area contributed by atoms with Crippen LogP contribution in [0.3, 0.4) is 0 Å². The van der Waals surface area contributed by atoms with E-state index in [0.29, 0.717) is 11.5 Å². The van der Waals surface area contributed by atoms with E-state index < -0.39 is 0 Å². The van der Waals surface area contributed by atoms with Gasteiger partial charge in [0.15, 0.2) is 0 Å². The van der Waals surface area contributed by atoms with E-state index in [-0.39, 0.29) is 0 Å². The standard InChI is InChI=1S/C15H32N2O/c1-13(2)10-17(5)12-15(11-16-14(3)4)6-8-18-9-7-15/h13-14,16H,6-12H2,1-5H3. The zero-order chi connectivity index (χ0) is 13.6. The first kappa shape index (κ1) is 15.9. The van der Waals surface area contributed by atoms with Crippen LogP contribution in [0.15, 0.2) is 0 Å². The van der Waals surface area contributed by atoms with E-state index in [2.05, 4.69) is 45.0 Å². The molecule has 0 aliphatic carbocycles. The van der Waals surface area contributed by atoms with Gasteiger partial charge in [-0.3, -0.25) is 0 Å². The summed E-state index contributed by atoms with van der Waals surface area (Å²) in [5.41, 5.74) is 0.409. The van der Waals surface area contributed by atoms with Crippen molar-refractivity contribution in [2.45, 2.75) is 46.6 Å². The molecule has 1 saturated heterocycles. The molecule has 0 amide bonds. The second-order valence-corrected chi connectivity index (χ2v) is 6.74. The lowest BCUT2D eigenvalue weighted by atomic mass is 9.79. The van der Waals surface area contributed by atoms with Crippen LogP contribution in [0.4, 0.5) is 0 Å². The lowest BCUT2D eigenvalue weighted by Crippen LogP contribution is -2.48. The smallest absolute Gasteiger partial charge is 0.0472 e. The van der Waals surface area contributed by atoms with Crippen LogP contribution in [-0.2, 0) is 4.74 Å². The molecule has 0 aromatic heterocycles. The maximum atomic E-state index is 5.55. The molecule has 0 unspecified atom stereocenters. The first-order valence-electron chi connectivity index (χ1n) is 7.43. The molecule has 1 aliphatic heterocycles. The Morgan fingerprint density at radius 1 is 1.17 bits per heavy atom. The van der Waals surface area contributed by atoms with E-state index in [4.69, 9.17) is 4.74 Å². The van der Waals surface area contributed by atoms with E-state index >= 15 is 0 Å². The highest BCUT2D eigenvalue weighted by Crippen LogP contribution is 2.31. The van der Waals surface area contributed by atoms with Crippen molar-refractivity contribution in [1.82, 2.24) is 10.2 Å².